The van der Waals surface area contributed by atoms with E-state index >= 15 is 0 Å². The van der Waals surface area contributed by atoms with Crippen molar-refractivity contribution in [2.45, 2.75) is 37.6 Å². The summed E-state index contributed by atoms with van der Waals surface area (Å²) in [5.74, 6) is 0.610. The number of β-amino-alcohol motifs (C(OH)–C–C–N with tert-alkyl or cyclic N) is 2. The van der Waals surface area contributed by atoms with Gasteiger partial charge in [-0.1, -0.05) is 30.1 Å². The van der Waals surface area contributed by atoms with Crippen LogP contribution in [0.3, 0.4) is 0 Å². The highest BCUT2D eigenvalue weighted by Crippen LogP contribution is 2.19. The molecule has 44 heavy (non-hydrogen) atoms. The zero-order chi connectivity index (χ0) is 32.6. The predicted molar refractivity (Wildman–Crippen MR) is 168 cm³/mol. The number of nitrogen functional groups attached to an aromatic ring is 2. The summed E-state index contributed by atoms with van der Waals surface area (Å²) in [6, 6.07) is 0.0377. The number of aromatic nitrogens is 6. The molecule has 2 fully saturated rings. The minimum Gasteiger partial charge on any atom is -0.395 e. The van der Waals surface area contributed by atoms with Gasteiger partial charge in [0.15, 0.2) is 21.9 Å². The van der Waals surface area contributed by atoms with E-state index in [1.807, 2.05) is 16.7 Å². The summed E-state index contributed by atoms with van der Waals surface area (Å²) < 4.78 is 4.92. The number of nitrogens with one attached hydrogen (secondary N) is 1. The van der Waals surface area contributed by atoms with E-state index < -0.39 is 6.10 Å². The Balaban J connectivity index is 0.000000258. The lowest BCUT2D eigenvalue weighted by molar-refractivity contribution is 0.0140. The van der Waals surface area contributed by atoms with Gasteiger partial charge in [0.1, 0.15) is 0 Å². The Morgan fingerprint density at radius 3 is 2.07 bits per heavy atom. The lowest BCUT2D eigenvalue weighted by atomic mass is 10.1. The number of hydrogen-bond acceptors (Lipinski definition) is 17. The van der Waals surface area contributed by atoms with E-state index in [2.05, 4.69) is 40.6 Å². The molecule has 0 aliphatic carbocycles. The van der Waals surface area contributed by atoms with Gasteiger partial charge in [0.2, 0.25) is 11.2 Å². The maximum absolute atomic E-state index is 9.84. The van der Waals surface area contributed by atoms with Crippen molar-refractivity contribution < 1.29 is 25.2 Å². The number of nitrogens with zero attached hydrogens (tertiary/aromatic N) is 9. The Kier molecular flexibility index (Phi) is 17.5. The number of aliphatic hydroxyl groups is 4. The van der Waals surface area contributed by atoms with Crippen LogP contribution in [0.4, 0.5) is 17.6 Å². The van der Waals surface area contributed by atoms with Crippen molar-refractivity contribution in [3.05, 3.63) is 15.6 Å². The van der Waals surface area contributed by atoms with Gasteiger partial charge in [-0.3, -0.25) is 9.80 Å². The van der Waals surface area contributed by atoms with Crippen molar-refractivity contribution in [3.63, 3.8) is 0 Å². The maximum atomic E-state index is 9.84. The van der Waals surface area contributed by atoms with Crippen LogP contribution in [0, 0.1) is 0 Å². The number of hydrogen-bond donors (Lipinski definition) is 7. The molecular weight excluding hydrogens is 643 g/mol. The van der Waals surface area contributed by atoms with Crippen LogP contribution in [-0.4, -0.2) is 164 Å². The van der Waals surface area contributed by atoms with Gasteiger partial charge in [-0.2, -0.15) is 9.97 Å². The number of halogens is 3. The average molecular weight is 686 g/mol. The van der Waals surface area contributed by atoms with E-state index in [9.17, 15) is 15.3 Å². The molecular formula is C24H43Cl3N12O5. The van der Waals surface area contributed by atoms with Gasteiger partial charge < -0.3 is 46.8 Å². The lowest BCUT2D eigenvalue weighted by Crippen LogP contribution is -2.57. The Morgan fingerprint density at radius 1 is 0.886 bits per heavy atom. The molecule has 2 saturated heterocycles. The minimum atomic E-state index is -0.588. The van der Waals surface area contributed by atoms with Gasteiger partial charge in [-0.15, -0.1) is 20.4 Å². The Hall–Kier alpha value is -2.03. The highest BCUT2D eigenvalue weighted by molar-refractivity contribution is 6.32. The normalized spacial score (nSPS) is 20.6. The SMILES string of the molecule is CC[C@@H](O)CN1CCNC[C@H]1CO.COC[C@@H](O)CN1CCN(c2nnc(Cl)c(N)n2)C[C@H]1CO.Nc1nc(Cl)nnc1Cl. The van der Waals surface area contributed by atoms with Crippen LogP contribution in [0.25, 0.3) is 0 Å². The van der Waals surface area contributed by atoms with Crippen molar-refractivity contribution in [1.29, 1.82) is 0 Å². The molecule has 0 spiro atoms. The first-order chi connectivity index (χ1) is 21.0. The molecule has 4 atom stereocenters. The zero-order valence-corrected chi connectivity index (χ0v) is 27.1. The largest absolute Gasteiger partial charge is 0.395 e. The van der Waals surface area contributed by atoms with Crippen molar-refractivity contribution >= 4 is 52.4 Å². The molecule has 0 amide bonds. The van der Waals surface area contributed by atoms with Gasteiger partial charge in [0, 0.05) is 65.5 Å². The smallest absolute Gasteiger partial charge is 0.247 e. The fourth-order valence-corrected chi connectivity index (χ4v) is 4.67. The van der Waals surface area contributed by atoms with Gasteiger partial charge in [0.05, 0.1) is 38.1 Å². The topological polar surface area (TPSA) is 241 Å². The summed E-state index contributed by atoms with van der Waals surface area (Å²) in [4.78, 5) is 13.7. The first-order valence-electron chi connectivity index (χ1n) is 14.0. The van der Waals surface area contributed by atoms with E-state index in [1.54, 1.807) is 7.11 Å². The summed E-state index contributed by atoms with van der Waals surface area (Å²) >= 11 is 16.4. The van der Waals surface area contributed by atoms with E-state index in [-0.39, 0.29) is 65.2 Å². The molecule has 0 aromatic carbocycles. The highest BCUT2D eigenvalue weighted by atomic mass is 35.5. The summed E-state index contributed by atoms with van der Waals surface area (Å²) in [6.07, 6.45) is -0.0657. The third-order valence-electron chi connectivity index (χ3n) is 6.81. The number of aliphatic hydroxyl groups excluding tert-OH is 4. The minimum absolute atomic E-state index is 0.00287. The van der Waals surface area contributed by atoms with Gasteiger partial charge in [0.25, 0.3) is 0 Å². The molecule has 2 aliphatic rings. The van der Waals surface area contributed by atoms with Crippen LogP contribution in [-0.2, 0) is 4.74 Å². The van der Waals surface area contributed by atoms with Gasteiger partial charge in [-0.05, 0) is 18.0 Å². The second-order valence-corrected chi connectivity index (χ2v) is 11.1. The second-order valence-electron chi connectivity index (χ2n) is 10.0. The van der Waals surface area contributed by atoms with Crippen LogP contribution < -0.4 is 21.7 Å². The molecule has 9 N–H and O–H groups in total. The number of methoxy groups -OCH3 is 1. The number of piperazine rings is 2. The van der Waals surface area contributed by atoms with Crippen LogP contribution in [0.15, 0.2) is 0 Å². The molecule has 2 aliphatic heterocycles. The lowest BCUT2D eigenvalue weighted by Gasteiger charge is -2.41. The quantitative estimate of drug-likeness (QED) is 0.149. The molecule has 2 aromatic rings. The monoisotopic (exact) mass is 684 g/mol. The van der Waals surface area contributed by atoms with Crippen LogP contribution in [0.5, 0.6) is 0 Å². The first-order valence-corrected chi connectivity index (χ1v) is 15.1. The third kappa shape index (κ3) is 12.8. The zero-order valence-electron chi connectivity index (χ0n) is 24.8. The van der Waals surface area contributed by atoms with Crippen molar-refractivity contribution in [3.8, 4) is 0 Å². The fraction of sp³-hybridized carbons (Fsp3) is 0.750. The molecule has 2 aromatic heterocycles. The molecule has 17 nitrogen and oxygen atoms in total. The highest BCUT2D eigenvalue weighted by Gasteiger charge is 2.29. The molecule has 0 radical (unpaired) electrons. The Bertz CT molecular complexity index is 1120. The van der Waals surface area contributed by atoms with Crippen molar-refractivity contribution in [1.82, 2.24) is 45.5 Å². The van der Waals surface area contributed by atoms with Crippen LogP contribution in [0.1, 0.15) is 13.3 Å². The van der Waals surface area contributed by atoms with Crippen LogP contribution >= 0.6 is 34.8 Å². The standard InChI is InChI=1S/C12H21ClN6O3.C9H20N2O2.C3H2Cl2N4/c1-22-7-9(21)5-18-2-3-19(4-8(18)6-20)12-15-11(14)10(13)16-17-12;1-2-9(13)6-11-4-3-10-5-8(11)7-12;4-1-2(6)7-3(5)9-8-1/h8-9,20-21H,2-7H2,1H3,(H2,14,15,17);8-10,12-13H,2-7H2,1H3;(H2,6,7,9)/t8-,9-;8-,9+;/m00./s1. The molecule has 20 heteroatoms. The third-order valence-corrected chi connectivity index (χ3v) is 7.50. The second kappa shape index (κ2) is 20.2. The summed E-state index contributed by atoms with van der Waals surface area (Å²) in [5.41, 5.74) is 10.8. The number of rotatable bonds is 10. The van der Waals surface area contributed by atoms with Crippen LogP contribution in [0.2, 0.25) is 15.6 Å². The Morgan fingerprint density at radius 2 is 1.50 bits per heavy atom. The predicted octanol–water partition coefficient (Wildman–Crippen LogP) is -1.62. The van der Waals surface area contributed by atoms with E-state index in [4.69, 9.17) is 56.1 Å². The Labute approximate surface area is 271 Å². The molecule has 4 rings (SSSR count). The molecule has 4 heterocycles. The number of ether oxygens (including phenoxy) is 1. The van der Waals surface area contributed by atoms with E-state index in [0.29, 0.717) is 38.7 Å². The number of nitrogens with two attached hydrogens (primary N) is 2. The summed E-state index contributed by atoms with van der Waals surface area (Å²) in [6.45, 7) is 7.99. The van der Waals surface area contributed by atoms with Gasteiger partial charge >= 0.3 is 0 Å². The number of anilines is 3. The van der Waals surface area contributed by atoms with E-state index in [1.165, 1.54) is 0 Å². The molecule has 0 unspecified atom stereocenters. The summed E-state index contributed by atoms with van der Waals surface area (Å²) in [7, 11) is 1.54. The van der Waals surface area contributed by atoms with Crippen molar-refractivity contribution in [2.75, 3.05) is 95.7 Å². The molecule has 0 saturated carbocycles. The van der Waals surface area contributed by atoms with Crippen molar-refractivity contribution in [2.24, 2.45) is 0 Å². The van der Waals surface area contributed by atoms with E-state index in [0.717, 1.165) is 26.1 Å². The average Bonchev–Trinajstić information content (AvgIpc) is 3.01. The summed E-state index contributed by atoms with van der Waals surface area (Å²) in [5, 5.41) is 55.7. The fourth-order valence-electron chi connectivity index (χ4n) is 4.38. The molecule has 0 bridgehead atoms. The molecule has 250 valence electrons. The first kappa shape index (κ1) is 38.2. The van der Waals surface area contributed by atoms with Gasteiger partial charge in [-0.25, -0.2) is 0 Å². The maximum Gasteiger partial charge on any atom is 0.247 e.